The fourth-order valence-corrected chi connectivity index (χ4v) is 9.97. The van der Waals surface area contributed by atoms with E-state index in [1.807, 2.05) is 25.1 Å². The van der Waals surface area contributed by atoms with Crippen LogP contribution in [-0.4, -0.2) is 89.3 Å². The Bertz CT molecular complexity index is 2010. The average molecular weight is 782 g/mol. The van der Waals surface area contributed by atoms with E-state index in [0.29, 0.717) is 68.6 Å². The Morgan fingerprint density at radius 2 is 1.75 bits per heavy atom. The fraction of sp³-hybridized carbons (Fsp3) is 0.675. The lowest BCUT2D eigenvalue weighted by molar-refractivity contribution is -0.141. The second-order valence-corrected chi connectivity index (χ2v) is 19.8. The van der Waals surface area contributed by atoms with E-state index < -0.39 is 67.4 Å². The van der Waals surface area contributed by atoms with Gasteiger partial charge in [0.25, 0.3) is 5.91 Å². The van der Waals surface area contributed by atoms with Crippen LogP contribution in [0.2, 0.25) is 0 Å². The Balaban J connectivity index is 1.23. The highest BCUT2D eigenvalue weighted by molar-refractivity contribution is 7.91. The molecule has 5 aliphatic rings. The molecule has 14 nitrogen and oxygen atoms in total. The molecule has 1 aromatic carbocycles. The largest absolute Gasteiger partial charge is 0.497 e. The van der Waals surface area contributed by atoms with E-state index in [2.05, 4.69) is 15.4 Å². The van der Waals surface area contributed by atoms with Crippen LogP contribution in [-0.2, 0) is 35.6 Å². The summed E-state index contributed by atoms with van der Waals surface area (Å²) in [7, 11) is -2.36. The molecule has 1 aromatic heterocycles. The number of pyridine rings is 1. The molecule has 2 saturated heterocycles. The molecule has 15 heteroatoms. The van der Waals surface area contributed by atoms with Crippen molar-refractivity contribution in [2.45, 2.75) is 152 Å². The summed E-state index contributed by atoms with van der Waals surface area (Å²) in [5.74, 6) is -0.694. The first kappa shape index (κ1) is 39.1. The highest BCUT2D eigenvalue weighted by Crippen LogP contribution is 2.50. The Labute approximate surface area is 323 Å². The molecule has 3 N–H and O–H groups in total. The van der Waals surface area contributed by atoms with Gasteiger partial charge in [0.1, 0.15) is 40.3 Å². The average Bonchev–Trinajstić information content (AvgIpc) is 4.01. The van der Waals surface area contributed by atoms with Crippen LogP contribution in [0, 0.1) is 12.8 Å². The molecule has 5 atom stereocenters. The summed E-state index contributed by atoms with van der Waals surface area (Å²) >= 11 is 0. The number of carbonyl (C=O) groups is 4. The molecule has 2 aromatic rings. The van der Waals surface area contributed by atoms with Gasteiger partial charge >= 0.3 is 6.09 Å². The topological polar surface area (TPSA) is 182 Å². The third-order valence-corrected chi connectivity index (χ3v) is 14.4. The molecular weight excluding hydrogens is 727 g/mol. The number of methoxy groups -OCH3 is 1. The van der Waals surface area contributed by atoms with Crippen LogP contribution >= 0.6 is 0 Å². The number of nitrogens with one attached hydrogen (secondary N) is 3. The first-order valence-electron chi connectivity index (χ1n) is 19.7. The number of nitrogens with zero attached hydrogens (tertiary/aromatic N) is 2. The van der Waals surface area contributed by atoms with Crippen molar-refractivity contribution in [1.29, 1.82) is 0 Å². The van der Waals surface area contributed by atoms with E-state index in [1.165, 1.54) is 4.90 Å². The summed E-state index contributed by atoms with van der Waals surface area (Å²) in [6, 6.07) is 3.66. The van der Waals surface area contributed by atoms with Gasteiger partial charge in [-0.25, -0.2) is 18.2 Å². The van der Waals surface area contributed by atoms with Gasteiger partial charge < -0.3 is 29.7 Å². The number of aryl methyl sites for hydroxylation is 2. The summed E-state index contributed by atoms with van der Waals surface area (Å²) in [6.07, 6.45) is 6.74. The zero-order valence-corrected chi connectivity index (χ0v) is 33.7. The number of fused-ring (bicyclic) bond motifs is 5. The zero-order chi connectivity index (χ0) is 39.6. The lowest BCUT2D eigenvalue weighted by atomic mass is 9.87. The lowest BCUT2D eigenvalue weighted by Crippen LogP contribution is -2.58. The third kappa shape index (κ3) is 7.69. The van der Waals surface area contributed by atoms with Crippen LogP contribution in [0.4, 0.5) is 4.79 Å². The van der Waals surface area contributed by atoms with Crippen LogP contribution in [0.1, 0.15) is 116 Å². The van der Waals surface area contributed by atoms with Crippen LogP contribution < -0.4 is 24.8 Å². The Morgan fingerprint density at radius 1 is 1.04 bits per heavy atom. The van der Waals surface area contributed by atoms with E-state index in [-0.39, 0.29) is 18.9 Å². The standard InChI is InChI=1S/C40H55N5O9S/c1-24-32-27(28-20-26(52-6)14-15-29(28)41-24)16-17-39(53-32)22-31-33(46)43-40(35(48)44-55(50,51)38(5)18-19-38)21-25(40)12-10-8-7-9-11-13-30(34(47)45(31)23-39)42-36(49)54-37(2,3)4/h14-15,20,25,30-31H,7-13,16-19,21-23H2,1-6H3,(H,42,49)(H,43,46)(H,44,48)/t25?,30-,31-,39+,40+/m0/s1. The molecule has 1 spiro atoms. The maximum atomic E-state index is 14.7. The normalized spacial score (nSPS) is 29.3. The number of amides is 4. The van der Waals surface area contributed by atoms with Gasteiger partial charge in [-0.2, -0.15) is 0 Å². The number of rotatable bonds is 5. The number of alkyl carbamates (subject to hydrolysis) is 1. The molecule has 4 heterocycles. The lowest BCUT2D eigenvalue weighted by Gasteiger charge is -2.36. The highest BCUT2D eigenvalue weighted by atomic mass is 32.2. The second-order valence-electron chi connectivity index (χ2n) is 17.6. The van der Waals surface area contributed by atoms with Crippen molar-refractivity contribution in [3.05, 3.63) is 29.5 Å². The maximum Gasteiger partial charge on any atom is 0.408 e. The fourth-order valence-electron chi connectivity index (χ4n) is 8.65. The first-order chi connectivity index (χ1) is 25.9. The number of carbonyl (C=O) groups excluding carboxylic acids is 4. The molecule has 4 amide bonds. The van der Waals surface area contributed by atoms with Crippen molar-refractivity contribution in [2.75, 3.05) is 13.7 Å². The van der Waals surface area contributed by atoms with Gasteiger partial charge in [0, 0.05) is 17.4 Å². The van der Waals surface area contributed by atoms with E-state index in [1.54, 1.807) is 34.8 Å². The summed E-state index contributed by atoms with van der Waals surface area (Å²) in [6.45, 7) is 8.79. The minimum absolute atomic E-state index is 0.0564. The van der Waals surface area contributed by atoms with E-state index >= 15 is 0 Å². The quantitative estimate of drug-likeness (QED) is 0.384. The van der Waals surface area contributed by atoms with Crippen LogP contribution in [0.25, 0.3) is 10.9 Å². The number of benzene rings is 1. The second kappa shape index (κ2) is 14.1. The van der Waals surface area contributed by atoms with Crippen LogP contribution in [0.5, 0.6) is 11.5 Å². The number of hydrogen-bond acceptors (Lipinski definition) is 10. The summed E-state index contributed by atoms with van der Waals surface area (Å²) in [4.78, 5) is 62.8. The SMILES string of the molecule is COc1ccc2nc(C)c3c(c2c1)CC[C@]1(C[C@H]2C(=O)N[C@]4(C(=O)NS(=O)(=O)C5(C)CC5)CC4CCCCCCC[C@H](NC(=O)OC(C)(C)C)C(=O)N2C1)O3. The van der Waals surface area contributed by atoms with Gasteiger partial charge in [0.15, 0.2) is 0 Å². The van der Waals surface area contributed by atoms with Crippen molar-refractivity contribution in [3.8, 4) is 11.5 Å². The minimum atomic E-state index is -3.96. The molecule has 4 fully saturated rings. The molecule has 3 aliphatic heterocycles. The Morgan fingerprint density at radius 3 is 2.44 bits per heavy atom. The van der Waals surface area contributed by atoms with Crippen molar-refractivity contribution in [3.63, 3.8) is 0 Å². The number of ether oxygens (including phenoxy) is 3. The predicted octanol–water partition coefficient (Wildman–Crippen LogP) is 4.73. The molecule has 2 saturated carbocycles. The molecule has 0 bridgehead atoms. The smallest absolute Gasteiger partial charge is 0.408 e. The Kier molecular flexibility index (Phi) is 10.0. The predicted molar refractivity (Wildman–Crippen MR) is 204 cm³/mol. The zero-order valence-electron chi connectivity index (χ0n) is 32.8. The number of sulfonamides is 1. The number of aromatic nitrogens is 1. The van der Waals surface area contributed by atoms with E-state index in [9.17, 15) is 27.6 Å². The summed E-state index contributed by atoms with van der Waals surface area (Å²) in [5, 5.41) is 6.70. The molecular formula is C40H55N5O9S. The highest BCUT2D eigenvalue weighted by Gasteiger charge is 2.64. The van der Waals surface area contributed by atoms with E-state index in [0.717, 1.165) is 42.1 Å². The molecule has 55 heavy (non-hydrogen) atoms. The minimum Gasteiger partial charge on any atom is -0.497 e. The molecule has 300 valence electrons. The van der Waals surface area contributed by atoms with Crippen molar-refractivity contribution in [1.82, 2.24) is 25.2 Å². The van der Waals surface area contributed by atoms with Gasteiger partial charge in [-0.3, -0.25) is 19.1 Å². The Hall–Kier alpha value is -4.14. The monoisotopic (exact) mass is 781 g/mol. The van der Waals surface area contributed by atoms with Crippen LogP contribution in [0.15, 0.2) is 18.2 Å². The van der Waals surface area contributed by atoms with Gasteiger partial charge in [-0.1, -0.05) is 32.1 Å². The van der Waals surface area contributed by atoms with Gasteiger partial charge in [0.2, 0.25) is 21.8 Å². The molecule has 0 radical (unpaired) electrons. The molecule has 2 aliphatic carbocycles. The van der Waals surface area contributed by atoms with Gasteiger partial charge in [-0.05, 0) is 104 Å². The van der Waals surface area contributed by atoms with Gasteiger partial charge in [0.05, 0.1) is 29.6 Å². The molecule has 7 rings (SSSR count). The van der Waals surface area contributed by atoms with Gasteiger partial charge in [-0.15, -0.1) is 0 Å². The summed E-state index contributed by atoms with van der Waals surface area (Å²) in [5.41, 5.74) is -0.740. The first-order valence-corrected chi connectivity index (χ1v) is 21.2. The van der Waals surface area contributed by atoms with Crippen molar-refractivity contribution in [2.24, 2.45) is 5.92 Å². The van der Waals surface area contributed by atoms with Crippen molar-refractivity contribution >= 4 is 44.7 Å². The maximum absolute atomic E-state index is 14.7. The van der Waals surface area contributed by atoms with E-state index in [4.69, 9.17) is 19.2 Å². The van der Waals surface area contributed by atoms with Crippen molar-refractivity contribution < 1.29 is 41.8 Å². The number of hydrogen-bond donors (Lipinski definition) is 3. The third-order valence-electron chi connectivity index (χ3n) is 12.3. The molecule has 1 unspecified atom stereocenters. The summed E-state index contributed by atoms with van der Waals surface area (Å²) < 4.78 is 45.7. The van der Waals surface area contributed by atoms with Crippen LogP contribution in [0.3, 0.4) is 0 Å².